The molecule has 0 aliphatic carbocycles. The van der Waals surface area contributed by atoms with Crippen molar-refractivity contribution in [3.63, 3.8) is 0 Å². The van der Waals surface area contributed by atoms with Gasteiger partial charge in [-0.1, -0.05) is 0 Å². The van der Waals surface area contributed by atoms with Crippen LogP contribution < -0.4 is 15.5 Å². The highest BCUT2D eigenvalue weighted by atomic mass is 16.6. The number of aromatic nitrogens is 4. The van der Waals surface area contributed by atoms with Crippen LogP contribution in [0, 0.1) is 5.92 Å². The molecular weight excluding hydrogens is 486 g/mol. The molecule has 4 heterocycles. The van der Waals surface area contributed by atoms with Gasteiger partial charge in [0, 0.05) is 63.8 Å². The zero-order valence-electron chi connectivity index (χ0n) is 23.9. The number of fused-ring (bicyclic) bond motifs is 1. The van der Waals surface area contributed by atoms with Crippen molar-refractivity contribution in [3.8, 4) is 0 Å². The average molecular weight is 530 g/mol. The maximum atomic E-state index is 12.4. The first-order valence-electron chi connectivity index (χ1n) is 13.5. The SMILES string of the molecule is CCn1cnc2c(NCC(=O)NC(C)(C)C)nc(N3CCN(CC4CN(C(=O)OC(C)(C)C)C4)CC3)nc21. The van der Waals surface area contributed by atoms with Crippen molar-refractivity contribution in [1.29, 1.82) is 0 Å². The monoisotopic (exact) mass is 529 g/mol. The Morgan fingerprint density at radius 3 is 2.34 bits per heavy atom. The molecule has 2 saturated heterocycles. The van der Waals surface area contributed by atoms with Gasteiger partial charge >= 0.3 is 6.09 Å². The van der Waals surface area contributed by atoms with Gasteiger partial charge in [0.1, 0.15) is 5.60 Å². The summed E-state index contributed by atoms with van der Waals surface area (Å²) in [6.07, 6.45) is 1.54. The summed E-state index contributed by atoms with van der Waals surface area (Å²) in [5.74, 6) is 1.58. The number of likely N-dealkylation sites (tertiary alicyclic amines) is 1. The molecule has 12 heteroatoms. The Bertz CT molecular complexity index is 1140. The lowest BCUT2D eigenvalue weighted by atomic mass is 10.00. The Morgan fingerprint density at radius 1 is 1.05 bits per heavy atom. The van der Waals surface area contributed by atoms with E-state index in [4.69, 9.17) is 14.7 Å². The molecule has 2 aliphatic rings. The average Bonchev–Trinajstić information content (AvgIpc) is 3.20. The minimum atomic E-state index is -0.466. The fraction of sp³-hybridized carbons (Fsp3) is 0.731. The van der Waals surface area contributed by atoms with Gasteiger partial charge in [-0.3, -0.25) is 9.69 Å². The second kappa shape index (κ2) is 10.9. The summed E-state index contributed by atoms with van der Waals surface area (Å²) < 4.78 is 7.45. The summed E-state index contributed by atoms with van der Waals surface area (Å²) in [6.45, 7) is 20.3. The van der Waals surface area contributed by atoms with E-state index in [2.05, 4.69) is 32.3 Å². The van der Waals surface area contributed by atoms with Crippen molar-refractivity contribution >= 4 is 34.9 Å². The predicted molar refractivity (Wildman–Crippen MR) is 147 cm³/mol. The largest absolute Gasteiger partial charge is 0.444 e. The summed E-state index contributed by atoms with van der Waals surface area (Å²) in [5, 5.41) is 6.15. The second-order valence-corrected chi connectivity index (χ2v) is 12.3. The van der Waals surface area contributed by atoms with Gasteiger partial charge in [-0.2, -0.15) is 9.97 Å². The lowest BCUT2D eigenvalue weighted by Crippen LogP contribution is -2.57. The Labute approximate surface area is 225 Å². The first-order valence-corrected chi connectivity index (χ1v) is 13.5. The molecule has 2 N–H and O–H groups in total. The van der Waals surface area contributed by atoms with Crippen LogP contribution in [0.2, 0.25) is 0 Å². The van der Waals surface area contributed by atoms with Gasteiger partial charge in [-0.15, -0.1) is 0 Å². The number of anilines is 2. The van der Waals surface area contributed by atoms with Crippen LogP contribution in [-0.4, -0.2) is 105 Å². The Morgan fingerprint density at radius 2 is 1.74 bits per heavy atom. The van der Waals surface area contributed by atoms with Crippen LogP contribution >= 0.6 is 0 Å². The molecule has 38 heavy (non-hydrogen) atoms. The van der Waals surface area contributed by atoms with Crippen molar-refractivity contribution in [3.05, 3.63) is 6.33 Å². The number of nitrogens with zero attached hydrogens (tertiary/aromatic N) is 7. The number of piperazine rings is 1. The number of ether oxygens (including phenoxy) is 1. The third-order valence-corrected chi connectivity index (χ3v) is 6.50. The van der Waals surface area contributed by atoms with Gasteiger partial charge in [0.25, 0.3) is 0 Å². The molecule has 210 valence electrons. The number of hydrogen-bond donors (Lipinski definition) is 2. The van der Waals surface area contributed by atoms with Crippen LogP contribution in [0.5, 0.6) is 0 Å². The van der Waals surface area contributed by atoms with Gasteiger partial charge in [-0.05, 0) is 48.5 Å². The molecule has 2 aromatic rings. The molecule has 2 fully saturated rings. The number of carbonyl (C=O) groups is 2. The van der Waals surface area contributed by atoms with E-state index >= 15 is 0 Å². The Kier molecular flexibility index (Phi) is 8.01. The van der Waals surface area contributed by atoms with Gasteiger partial charge in [0.05, 0.1) is 12.9 Å². The van der Waals surface area contributed by atoms with Crippen LogP contribution in [0.25, 0.3) is 11.2 Å². The highest BCUT2D eigenvalue weighted by Crippen LogP contribution is 2.25. The maximum absolute atomic E-state index is 12.4. The number of aryl methyl sites for hydroxylation is 1. The van der Waals surface area contributed by atoms with E-state index in [0.717, 1.165) is 58.0 Å². The molecule has 0 atom stereocenters. The van der Waals surface area contributed by atoms with E-state index in [0.29, 0.717) is 23.2 Å². The van der Waals surface area contributed by atoms with Gasteiger partial charge in [-0.25, -0.2) is 9.78 Å². The summed E-state index contributed by atoms with van der Waals surface area (Å²) in [7, 11) is 0. The quantitative estimate of drug-likeness (QED) is 0.556. The number of nitrogens with one attached hydrogen (secondary N) is 2. The van der Waals surface area contributed by atoms with Crippen LogP contribution in [0.3, 0.4) is 0 Å². The topological polar surface area (TPSA) is 121 Å². The molecule has 2 aliphatic heterocycles. The predicted octanol–water partition coefficient (Wildman–Crippen LogP) is 2.16. The van der Waals surface area contributed by atoms with Crippen molar-refractivity contribution in [2.75, 3.05) is 62.6 Å². The lowest BCUT2D eigenvalue weighted by Gasteiger charge is -2.43. The lowest BCUT2D eigenvalue weighted by molar-refractivity contribution is -0.120. The van der Waals surface area contributed by atoms with E-state index in [1.807, 2.05) is 46.1 Å². The highest BCUT2D eigenvalue weighted by molar-refractivity contribution is 5.88. The number of amides is 2. The number of hydrogen-bond acceptors (Lipinski definition) is 9. The standard InChI is InChI=1S/C26H43N9O3/c1-8-33-17-28-20-21(27-13-19(36)31-25(2,3)4)29-23(30-22(20)33)34-11-9-32(10-12-34)14-18-15-35(16-18)24(37)38-26(5,6)7/h17-18H,8-16H2,1-7H3,(H,31,36)(H,27,29,30). The van der Waals surface area contributed by atoms with Crippen LogP contribution in [0.4, 0.5) is 16.6 Å². The van der Waals surface area contributed by atoms with Gasteiger partial charge in [0.15, 0.2) is 17.0 Å². The molecular formula is C26H43N9O3. The molecule has 0 bridgehead atoms. The number of carbonyl (C=O) groups excluding carboxylic acids is 2. The van der Waals surface area contributed by atoms with E-state index in [1.54, 1.807) is 11.2 Å². The van der Waals surface area contributed by atoms with Gasteiger partial charge < -0.3 is 29.7 Å². The molecule has 0 spiro atoms. The normalized spacial score (nSPS) is 17.4. The van der Waals surface area contributed by atoms with E-state index < -0.39 is 5.60 Å². The smallest absolute Gasteiger partial charge is 0.410 e. The van der Waals surface area contributed by atoms with Crippen molar-refractivity contribution < 1.29 is 14.3 Å². The second-order valence-electron chi connectivity index (χ2n) is 12.3. The van der Waals surface area contributed by atoms with Crippen LogP contribution in [0.15, 0.2) is 6.33 Å². The highest BCUT2D eigenvalue weighted by Gasteiger charge is 2.35. The van der Waals surface area contributed by atoms with Crippen molar-refractivity contribution in [1.82, 2.24) is 34.6 Å². The van der Waals surface area contributed by atoms with Crippen LogP contribution in [0.1, 0.15) is 48.5 Å². The van der Waals surface area contributed by atoms with E-state index in [1.165, 1.54) is 0 Å². The Balaban J connectivity index is 1.35. The summed E-state index contributed by atoms with van der Waals surface area (Å²) in [5.41, 5.74) is 0.654. The fourth-order valence-corrected chi connectivity index (χ4v) is 4.71. The zero-order valence-corrected chi connectivity index (χ0v) is 23.9. The van der Waals surface area contributed by atoms with Gasteiger partial charge in [0.2, 0.25) is 11.9 Å². The zero-order chi connectivity index (χ0) is 27.7. The minimum absolute atomic E-state index is 0.101. The molecule has 4 rings (SSSR count). The minimum Gasteiger partial charge on any atom is -0.444 e. The third kappa shape index (κ3) is 7.03. The molecule has 2 aromatic heterocycles. The summed E-state index contributed by atoms with van der Waals surface area (Å²) >= 11 is 0. The maximum Gasteiger partial charge on any atom is 0.410 e. The first-order chi connectivity index (χ1) is 17.8. The molecule has 0 radical (unpaired) electrons. The molecule has 0 aromatic carbocycles. The molecule has 0 saturated carbocycles. The van der Waals surface area contributed by atoms with Crippen molar-refractivity contribution in [2.24, 2.45) is 5.92 Å². The van der Waals surface area contributed by atoms with Crippen molar-refractivity contribution in [2.45, 2.75) is 66.2 Å². The number of rotatable bonds is 7. The first kappa shape index (κ1) is 27.9. The van der Waals surface area contributed by atoms with E-state index in [9.17, 15) is 9.59 Å². The third-order valence-electron chi connectivity index (χ3n) is 6.50. The summed E-state index contributed by atoms with van der Waals surface area (Å²) in [4.78, 5) is 45.2. The van der Waals surface area contributed by atoms with E-state index in [-0.39, 0.29) is 24.1 Å². The summed E-state index contributed by atoms with van der Waals surface area (Å²) in [6, 6.07) is 0. The molecule has 2 amide bonds. The number of imidazole rings is 1. The fourth-order valence-electron chi connectivity index (χ4n) is 4.71. The Hall–Kier alpha value is -3.15. The molecule has 12 nitrogen and oxygen atoms in total. The molecule has 0 unspecified atom stereocenters. The van der Waals surface area contributed by atoms with Crippen LogP contribution in [-0.2, 0) is 16.1 Å².